The lowest BCUT2D eigenvalue weighted by Crippen LogP contribution is -2.40. The van der Waals surface area contributed by atoms with Crippen molar-refractivity contribution in [3.05, 3.63) is 0 Å². The summed E-state index contributed by atoms with van der Waals surface area (Å²) in [6, 6.07) is 0.330. The van der Waals surface area contributed by atoms with Crippen LogP contribution in [0, 0.1) is 5.41 Å². The van der Waals surface area contributed by atoms with Gasteiger partial charge >= 0.3 is 0 Å². The Kier molecular flexibility index (Phi) is 3.42. The lowest BCUT2D eigenvalue weighted by molar-refractivity contribution is -0.126. The smallest absolute Gasteiger partial charge is 0.229 e. The van der Waals surface area contributed by atoms with Crippen molar-refractivity contribution in [2.24, 2.45) is 5.41 Å². The molecule has 1 amide bonds. The molecule has 4 heteroatoms. The molecule has 92 valence electrons. The van der Waals surface area contributed by atoms with E-state index in [1.807, 2.05) is 6.92 Å². The van der Waals surface area contributed by atoms with Crippen LogP contribution in [-0.4, -0.2) is 16.3 Å². The summed E-state index contributed by atoms with van der Waals surface area (Å²) in [6.07, 6.45) is 7.78. The fourth-order valence-electron chi connectivity index (χ4n) is 2.41. The molecule has 2 saturated carbocycles. The van der Waals surface area contributed by atoms with Gasteiger partial charge < -0.3 is 5.32 Å². The maximum absolute atomic E-state index is 12.0. The molecule has 2 rings (SSSR count). The van der Waals surface area contributed by atoms with Crippen LogP contribution in [0.25, 0.3) is 0 Å². The number of amides is 1. The molecule has 0 aromatic rings. The maximum Gasteiger partial charge on any atom is 0.229 e. The highest BCUT2D eigenvalue weighted by Crippen LogP contribution is 2.63. The Morgan fingerprint density at radius 1 is 1.19 bits per heavy atom. The number of rotatable bonds is 2. The quantitative estimate of drug-likeness (QED) is 0.601. The molecule has 2 fully saturated rings. The highest BCUT2D eigenvalue weighted by molar-refractivity contribution is 6.53. The number of hydrogen-bond donors (Lipinski definition) is 1. The van der Waals surface area contributed by atoms with Gasteiger partial charge in [-0.25, -0.2) is 0 Å². The van der Waals surface area contributed by atoms with Gasteiger partial charge in [-0.3, -0.25) is 4.79 Å². The average Bonchev–Trinajstić information content (AvgIpc) is 2.81. The van der Waals surface area contributed by atoms with Crippen molar-refractivity contribution in [1.29, 1.82) is 0 Å². The Bertz CT molecular complexity index is 285. The minimum absolute atomic E-state index is 0.0319. The van der Waals surface area contributed by atoms with Gasteiger partial charge in [0.05, 0.1) is 5.41 Å². The molecule has 2 nitrogen and oxygen atoms in total. The van der Waals surface area contributed by atoms with E-state index in [-0.39, 0.29) is 5.91 Å². The third-order valence-corrected chi connectivity index (χ3v) is 5.05. The van der Waals surface area contributed by atoms with Crippen molar-refractivity contribution in [3.8, 4) is 0 Å². The third-order valence-electron chi connectivity index (χ3n) is 3.95. The first-order chi connectivity index (χ1) is 7.46. The van der Waals surface area contributed by atoms with Gasteiger partial charge in [-0.2, -0.15) is 0 Å². The second kappa shape index (κ2) is 4.38. The molecule has 0 heterocycles. The second-order valence-electron chi connectivity index (χ2n) is 5.38. The lowest BCUT2D eigenvalue weighted by Gasteiger charge is -2.20. The van der Waals surface area contributed by atoms with Gasteiger partial charge in [-0.05, 0) is 26.2 Å². The zero-order valence-electron chi connectivity index (χ0n) is 9.69. The zero-order chi connectivity index (χ0) is 11.8. The van der Waals surface area contributed by atoms with Gasteiger partial charge in [0.2, 0.25) is 5.91 Å². The molecule has 2 aliphatic rings. The van der Waals surface area contributed by atoms with Crippen molar-refractivity contribution in [3.63, 3.8) is 0 Å². The molecular weight excluding hydrogens is 245 g/mol. The Hall–Kier alpha value is 0.0500. The topological polar surface area (TPSA) is 29.1 Å². The van der Waals surface area contributed by atoms with Crippen LogP contribution in [0.4, 0.5) is 0 Å². The molecule has 16 heavy (non-hydrogen) atoms. The second-order valence-corrected chi connectivity index (χ2v) is 6.86. The zero-order valence-corrected chi connectivity index (χ0v) is 11.2. The normalized spacial score (nSPS) is 34.2. The van der Waals surface area contributed by atoms with Crippen molar-refractivity contribution < 1.29 is 4.79 Å². The van der Waals surface area contributed by atoms with Crippen LogP contribution in [0.2, 0.25) is 0 Å². The predicted molar refractivity (Wildman–Crippen MR) is 66.8 cm³/mol. The molecule has 0 saturated heterocycles. The summed E-state index contributed by atoms with van der Waals surface area (Å²) in [5.74, 6) is 0.0319. The van der Waals surface area contributed by atoms with Crippen LogP contribution < -0.4 is 5.32 Å². The highest BCUT2D eigenvalue weighted by atomic mass is 35.5. The van der Waals surface area contributed by atoms with Crippen LogP contribution in [0.3, 0.4) is 0 Å². The first-order valence-electron chi connectivity index (χ1n) is 6.14. The summed E-state index contributed by atoms with van der Waals surface area (Å²) in [5.41, 5.74) is -0.567. The number of nitrogens with one attached hydrogen (secondary N) is 1. The minimum Gasteiger partial charge on any atom is -0.353 e. The molecule has 0 radical (unpaired) electrons. The Balaban J connectivity index is 1.87. The first-order valence-corrected chi connectivity index (χ1v) is 6.90. The van der Waals surface area contributed by atoms with Gasteiger partial charge in [-0.1, -0.05) is 25.7 Å². The number of carbonyl (C=O) groups excluding carboxylic acids is 1. The number of carbonyl (C=O) groups is 1. The van der Waals surface area contributed by atoms with Gasteiger partial charge in [0.25, 0.3) is 0 Å². The maximum atomic E-state index is 12.0. The molecule has 0 spiro atoms. The standard InChI is InChI=1S/C12H19Cl2NO/c1-11(8-12(11,13)14)10(16)15-9-6-4-2-3-5-7-9/h9H,2-8H2,1H3,(H,15,16). The lowest BCUT2D eigenvalue weighted by atomic mass is 10.1. The molecule has 0 aromatic carbocycles. The monoisotopic (exact) mass is 263 g/mol. The van der Waals surface area contributed by atoms with Crippen molar-refractivity contribution >= 4 is 29.1 Å². The van der Waals surface area contributed by atoms with Crippen molar-refractivity contribution in [1.82, 2.24) is 5.32 Å². The van der Waals surface area contributed by atoms with E-state index in [9.17, 15) is 4.79 Å². The highest BCUT2D eigenvalue weighted by Gasteiger charge is 2.67. The molecule has 0 aliphatic heterocycles. The fraction of sp³-hybridized carbons (Fsp3) is 0.917. The first kappa shape index (κ1) is 12.5. The molecule has 0 aromatic heterocycles. The SMILES string of the molecule is CC1(C(=O)NC2CCCCCC2)CC1(Cl)Cl. The van der Waals surface area contributed by atoms with Crippen LogP contribution in [0.15, 0.2) is 0 Å². The Labute approximate surface area is 107 Å². The summed E-state index contributed by atoms with van der Waals surface area (Å²) in [7, 11) is 0. The number of alkyl halides is 2. The summed E-state index contributed by atoms with van der Waals surface area (Å²) in [4.78, 5) is 12.0. The third kappa shape index (κ3) is 2.33. The van der Waals surface area contributed by atoms with Gasteiger partial charge in [0.15, 0.2) is 0 Å². The van der Waals surface area contributed by atoms with Crippen molar-refractivity contribution in [2.75, 3.05) is 0 Å². The Morgan fingerprint density at radius 3 is 2.12 bits per heavy atom. The molecule has 2 aliphatic carbocycles. The number of halogens is 2. The fourth-order valence-corrected chi connectivity index (χ4v) is 3.12. The van der Waals surface area contributed by atoms with Crippen LogP contribution in [0.1, 0.15) is 51.9 Å². The minimum atomic E-state index is -0.845. The molecule has 1 atom stereocenters. The van der Waals surface area contributed by atoms with Crippen LogP contribution in [0.5, 0.6) is 0 Å². The molecular formula is C12H19Cl2NO. The number of hydrogen-bond acceptors (Lipinski definition) is 1. The van der Waals surface area contributed by atoms with E-state index in [2.05, 4.69) is 5.32 Å². The van der Waals surface area contributed by atoms with E-state index in [0.717, 1.165) is 12.8 Å². The van der Waals surface area contributed by atoms with Gasteiger partial charge in [-0.15, -0.1) is 23.2 Å². The molecule has 0 bridgehead atoms. The van der Waals surface area contributed by atoms with E-state index in [1.54, 1.807) is 0 Å². The molecule has 1 unspecified atom stereocenters. The average molecular weight is 264 g/mol. The molecule has 1 N–H and O–H groups in total. The van der Waals surface area contributed by atoms with Crippen molar-refractivity contribution in [2.45, 2.75) is 62.2 Å². The summed E-state index contributed by atoms with van der Waals surface area (Å²) in [6.45, 7) is 1.85. The Morgan fingerprint density at radius 2 is 1.69 bits per heavy atom. The predicted octanol–water partition coefficient (Wildman–Crippen LogP) is 3.41. The summed E-state index contributed by atoms with van der Waals surface area (Å²) in [5, 5.41) is 3.11. The van der Waals surface area contributed by atoms with Gasteiger partial charge in [0, 0.05) is 6.04 Å². The van der Waals surface area contributed by atoms with E-state index < -0.39 is 9.75 Å². The van der Waals surface area contributed by atoms with E-state index in [0.29, 0.717) is 12.5 Å². The van der Waals surface area contributed by atoms with E-state index in [1.165, 1.54) is 25.7 Å². The van der Waals surface area contributed by atoms with Gasteiger partial charge in [0.1, 0.15) is 4.33 Å². The van der Waals surface area contributed by atoms with Crippen LogP contribution in [-0.2, 0) is 4.79 Å². The largest absolute Gasteiger partial charge is 0.353 e. The summed E-state index contributed by atoms with van der Waals surface area (Å²) >= 11 is 12.0. The van der Waals surface area contributed by atoms with E-state index >= 15 is 0 Å². The summed E-state index contributed by atoms with van der Waals surface area (Å²) < 4.78 is -0.845. The van der Waals surface area contributed by atoms with Crippen LogP contribution >= 0.6 is 23.2 Å². The van der Waals surface area contributed by atoms with E-state index in [4.69, 9.17) is 23.2 Å².